The number of carbonyl (C=O) groups excluding carboxylic acids is 1. The van der Waals surface area contributed by atoms with Gasteiger partial charge in [0.25, 0.3) is 5.56 Å². The second kappa shape index (κ2) is 10.7. The number of anilines is 1. The van der Waals surface area contributed by atoms with Gasteiger partial charge in [-0.2, -0.15) is 0 Å². The van der Waals surface area contributed by atoms with Crippen LogP contribution < -0.4 is 19.9 Å². The molecule has 1 aromatic heterocycles. The molecule has 1 aliphatic heterocycles. The second-order valence-corrected chi connectivity index (χ2v) is 8.44. The van der Waals surface area contributed by atoms with Crippen molar-refractivity contribution in [3.63, 3.8) is 0 Å². The van der Waals surface area contributed by atoms with Gasteiger partial charge >= 0.3 is 0 Å². The Balaban J connectivity index is 1.46. The minimum absolute atomic E-state index is 0.0239. The van der Waals surface area contributed by atoms with Crippen molar-refractivity contribution in [1.29, 1.82) is 0 Å². The number of nitrogens with one attached hydrogen (secondary N) is 1. The van der Waals surface area contributed by atoms with Crippen LogP contribution in [0.15, 0.2) is 47.3 Å². The van der Waals surface area contributed by atoms with Gasteiger partial charge in [-0.25, -0.2) is 0 Å². The Morgan fingerprint density at radius 1 is 1.00 bits per heavy atom. The monoisotopic (exact) mass is 482 g/mol. The normalized spacial score (nSPS) is 13.8. The standard InChI is InChI=1S/C25H30N4O4S/c1-3-32-21-16-19-20(17-22(21)33-4-2)26-25(34)29(24(19)31)11-10-23(30)28-14-12-27(13-15-28)18-8-6-5-7-9-18/h5-9,16-17H,3-4,10-15H2,1-2H3,(H,26,34). The van der Waals surface area contributed by atoms with E-state index in [1.54, 1.807) is 12.1 Å². The topological polar surface area (TPSA) is 79.8 Å². The van der Waals surface area contributed by atoms with Gasteiger partial charge in [0.15, 0.2) is 16.3 Å². The Morgan fingerprint density at radius 2 is 1.65 bits per heavy atom. The fourth-order valence-corrected chi connectivity index (χ4v) is 4.50. The summed E-state index contributed by atoms with van der Waals surface area (Å²) >= 11 is 5.44. The van der Waals surface area contributed by atoms with Gasteiger partial charge in [-0.15, -0.1) is 0 Å². The smallest absolute Gasteiger partial charge is 0.262 e. The highest BCUT2D eigenvalue weighted by Gasteiger charge is 2.21. The molecule has 1 aliphatic rings. The predicted molar refractivity (Wildman–Crippen MR) is 136 cm³/mol. The van der Waals surface area contributed by atoms with E-state index in [0.29, 0.717) is 48.7 Å². The molecule has 0 saturated carbocycles. The van der Waals surface area contributed by atoms with E-state index < -0.39 is 0 Å². The molecule has 34 heavy (non-hydrogen) atoms. The summed E-state index contributed by atoms with van der Waals surface area (Å²) in [6.45, 7) is 7.80. The number of hydrogen-bond acceptors (Lipinski definition) is 6. The highest BCUT2D eigenvalue weighted by Crippen LogP contribution is 2.31. The van der Waals surface area contributed by atoms with Crippen LogP contribution in [-0.2, 0) is 11.3 Å². The fraction of sp³-hybridized carbons (Fsp3) is 0.400. The molecule has 2 heterocycles. The molecule has 0 unspecified atom stereocenters. The second-order valence-electron chi connectivity index (χ2n) is 8.05. The molecule has 0 aliphatic carbocycles. The van der Waals surface area contributed by atoms with Crippen molar-refractivity contribution >= 4 is 34.7 Å². The summed E-state index contributed by atoms with van der Waals surface area (Å²) in [6.07, 6.45) is 0.212. The maximum absolute atomic E-state index is 13.2. The lowest BCUT2D eigenvalue weighted by Gasteiger charge is -2.36. The number of H-pyrrole nitrogens is 1. The molecule has 180 valence electrons. The first-order valence-electron chi connectivity index (χ1n) is 11.7. The van der Waals surface area contributed by atoms with E-state index in [1.165, 1.54) is 10.3 Å². The summed E-state index contributed by atoms with van der Waals surface area (Å²) in [5.41, 5.74) is 1.51. The third-order valence-corrected chi connectivity index (χ3v) is 6.27. The quantitative estimate of drug-likeness (QED) is 0.495. The molecule has 4 rings (SSSR count). The van der Waals surface area contributed by atoms with Crippen molar-refractivity contribution in [3.8, 4) is 11.5 Å². The van der Waals surface area contributed by atoms with Crippen LogP contribution >= 0.6 is 12.2 Å². The van der Waals surface area contributed by atoms with Crippen LogP contribution in [0.5, 0.6) is 11.5 Å². The molecule has 9 heteroatoms. The molecule has 1 N–H and O–H groups in total. The minimum Gasteiger partial charge on any atom is -0.490 e. The highest BCUT2D eigenvalue weighted by molar-refractivity contribution is 7.71. The number of hydrogen-bond donors (Lipinski definition) is 1. The molecule has 1 fully saturated rings. The highest BCUT2D eigenvalue weighted by atomic mass is 32.1. The zero-order chi connectivity index (χ0) is 24.1. The number of aromatic nitrogens is 2. The zero-order valence-electron chi connectivity index (χ0n) is 19.6. The third kappa shape index (κ3) is 5.09. The number of ether oxygens (including phenoxy) is 2. The average Bonchev–Trinajstić information content (AvgIpc) is 2.85. The molecule has 1 amide bonds. The first kappa shape index (κ1) is 23.8. The molecule has 1 saturated heterocycles. The van der Waals surface area contributed by atoms with Crippen molar-refractivity contribution < 1.29 is 14.3 Å². The molecule has 2 aromatic carbocycles. The maximum atomic E-state index is 13.2. The van der Waals surface area contributed by atoms with Crippen molar-refractivity contribution in [2.75, 3.05) is 44.3 Å². The number of amides is 1. The van der Waals surface area contributed by atoms with Gasteiger partial charge in [-0.3, -0.25) is 14.2 Å². The van der Waals surface area contributed by atoms with E-state index in [1.807, 2.05) is 36.9 Å². The average molecular weight is 483 g/mol. The number of carbonyl (C=O) groups is 1. The van der Waals surface area contributed by atoms with Crippen molar-refractivity contribution in [3.05, 3.63) is 57.6 Å². The van der Waals surface area contributed by atoms with Crippen LogP contribution in [0.1, 0.15) is 20.3 Å². The SMILES string of the molecule is CCOc1cc2[nH]c(=S)n(CCC(=O)N3CCN(c4ccccc4)CC3)c(=O)c2cc1OCC. The molecule has 0 bridgehead atoms. The van der Waals surface area contributed by atoms with Gasteiger partial charge in [0.2, 0.25) is 5.91 Å². The van der Waals surface area contributed by atoms with Gasteiger partial charge in [-0.1, -0.05) is 18.2 Å². The number of benzene rings is 2. The Morgan fingerprint density at radius 3 is 2.29 bits per heavy atom. The lowest BCUT2D eigenvalue weighted by atomic mass is 10.2. The summed E-state index contributed by atoms with van der Waals surface area (Å²) in [6, 6.07) is 13.6. The number of nitrogens with zero attached hydrogens (tertiary/aromatic N) is 3. The molecule has 8 nitrogen and oxygen atoms in total. The van der Waals surface area contributed by atoms with E-state index >= 15 is 0 Å². The Kier molecular flexibility index (Phi) is 7.52. The van der Waals surface area contributed by atoms with Crippen molar-refractivity contribution in [2.45, 2.75) is 26.8 Å². The predicted octanol–water partition coefficient (Wildman–Crippen LogP) is 3.60. The van der Waals surface area contributed by atoms with Crippen LogP contribution in [0.25, 0.3) is 10.9 Å². The van der Waals surface area contributed by atoms with Crippen LogP contribution in [-0.4, -0.2) is 59.8 Å². The van der Waals surface area contributed by atoms with E-state index in [-0.39, 0.29) is 29.2 Å². The molecule has 0 spiro atoms. The summed E-state index contributed by atoms with van der Waals surface area (Å²) < 4.78 is 13.0. The first-order chi connectivity index (χ1) is 16.5. The van der Waals surface area contributed by atoms with Gasteiger partial charge < -0.3 is 24.3 Å². The molecule has 0 radical (unpaired) electrons. The Hall–Kier alpha value is -3.33. The van der Waals surface area contributed by atoms with E-state index in [9.17, 15) is 9.59 Å². The summed E-state index contributed by atoms with van der Waals surface area (Å²) in [5, 5.41) is 0.449. The van der Waals surface area contributed by atoms with Gasteiger partial charge in [0, 0.05) is 50.9 Å². The summed E-state index contributed by atoms with van der Waals surface area (Å²) in [7, 11) is 0. The maximum Gasteiger partial charge on any atom is 0.262 e. The molecule has 3 aromatic rings. The van der Waals surface area contributed by atoms with E-state index in [2.05, 4.69) is 22.0 Å². The van der Waals surface area contributed by atoms with Crippen LogP contribution in [0.2, 0.25) is 0 Å². The van der Waals surface area contributed by atoms with Gasteiger partial charge in [0.1, 0.15) is 0 Å². The number of para-hydroxylation sites is 1. The van der Waals surface area contributed by atoms with Gasteiger partial charge in [0.05, 0.1) is 24.1 Å². The zero-order valence-corrected chi connectivity index (χ0v) is 20.4. The van der Waals surface area contributed by atoms with Crippen LogP contribution in [0, 0.1) is 4.77 Å². The number of piperazine rings is 1. The minimum atomic E-state index is -0.246. The van der Waals surface area contributed by atoms with E-state index in [4.69, 9.17) is 21.7 Å². The lowest BCUT2D eigenvalue weighted by Crippen LogP contribution is -2.49. The van der Waals surface area contributed by atoms with Crippen molar-refractivity contribution in [2.24, 2.45) is 0 Å². The Bertz CT molecular complexity index is 1260. The lowest BCUT2D eigenvalue weighted by molar-refractivity contribution is -0.131. The van der Waals surface area contributed by atoms with E-state index in [0.717, 1.165) is 13.1 Å². The van der Waals surface area contributed by atoms with Crippen LogP contribution in [0.4, 0.5) is 5.69 Å². The van der Waals surface area contributed by atoms with Gasteiger partial charge in [-0.05, 0) is 44.3 Å². The van der Waals surface area contributed by atoms with Crippen LogP contribution in [0.3, 0.4) is 0 Å². The number of fused-ring (bicyclic) bond motifs is 1. The summed E-state index contributed by atoms with van der Waals surface area (Å²) in [5.74, 6) is 1.10. The molecular weight excluding hydrogens is 452 g/mol. The number of rotatable bonds is 8. The Labute approximate surface area is 203 Å². The van der Waals surface area contributed by atoms with Crippen molar-refractivity contribution in [1.82, 2.24) is 14.5 Å². The fourth-order valence-electron chi connectivity index (χ4n) is 4.22. The molecule has 0 atom stereocenters. The largest absolute Gasteiger partial charge is 0.490 e. The summed E-state index contributed by atoms with van der Waals surface area (Å²) in [4.78, 5) is 33.3. The third-order valence-electron chi connectivity index (χ3n) is 5.95. The number of aromatic amines is 1. The first-order valence-corrected chi connectivity index (χ1v) is 12.1. The molecular formula is C25H30N4O4S.